The van der Waals surface area contributed by atoms with Crippen molar-refractivity contribution in [2.24, 2.45) is 0 Å². The Morgan fingerprint density at radius 3 is 2.41 bits per heavy atom. The Hall–Kier alpha value is -0.950. The number of aliphatic hydroxyl groups is 1. The summed E-state index contributed by atoms with van der Waals surface area (Å²) >= 11 is 1.05. The summed E-state index contributed by atoms with van der Waals surface area (Å²) in [5.41, 5.74) is 4.49. The molecule has 1 aromatic rings. The molecule has 3 nitrogen and oxygen atoms in total. The normalized spacial score (nSPS) is 15.6. The molecule has 0 aliphatic rings. The highest BCUT2D eigenvalue weighted by molar-refractivity contribution is 7.99. The van der Waals surface area contributed by atoms with Gasteiger partial charge in [0.1, 0.15) is 5.82 Å². The van der Waals surface area contributed by atoms with E-state index in [1.165, 1.54) is 0 Å². The molecule has 17 heavy (non-hydrogen) atoms. The Balaban J connectivity index is 2.98. The van der Waals surface area contributed by atoms with Crippen LogP contribution in [0.15, 0.2) is 17.2 Å². The van der Waals surface area contributed by atoms with E-state index in [1.54, 1.807) is 13.8 Å². The van der Waals surface area contributed by atoms with Crippen molar-refractivity contribution in [1.29, 1.82) is 0 Å². The summed E-state index contributed by atoms with van der Waals surface area (Å²) in [6, 6.07) is 1.72. The Kier molecular flexibility index (Phi) is 4.26. The lowest BCUT2D eigenvalue weighted by molar-refractivity contribution is -0.137. The van der Waals surface area contributed by atoms with Crippen molar-refractivity contribution >= 4 is 17.6 Å². The van der Waals surface area contributed by atoms with Crippen LogP contribution in [0.3, 0.4) is 0 Å². The van der Waals surface area contributed by atoms with Gasteiger partial charge in [-0.05, 0) is 19.1 Å². The number of aliphatic hydroxyl groups excluding tert-OH is 1. The van der Waals surface area contributed by atoms with Gasteiger partial charge >= 0.3 is 6.18 Å². The molecule has 96 valence electrons. The van der Waals surface area contributed by atoms with Crippen LogP contribution < -0.4 is 5.73 Å². The van der Waals surface area contributed by atoms with Gasteiger partial charge in [-0.3, -0.25) is 0 Å². The van der Waals surface area contributed by atoms with E-state index in [2.05, 4.69) is 4.98 Å². The summed E-state index contributed by atoms with van der Waals surface area (Å²) in [5.74, 6) is -0.180. The van der Waals surface area contributed by atoms with Crippen LogP contribution in [-0.4, -0.2) is 21.4 Å². The van der Waals surface area contributed by atoms with E-state index in [-0.39, 0.29) is 16.1 Å². The highest BCUT2D eigenvalue weighted by atomic mass is 32.2. The minimum absolute atomic E-state index is 0.158. The Morgan fingerprint density at radius 2 is 1.94 bits per heavy atom. The zero-order chi connectivity index (χ0) is 13.2. The number of aromatic nitrogens is 1. The van der Waals surface area contributed by atoms with E-state index in [0.29, 0.717) is 0 Å². The largest absolute Gasteiger partial charge is 0.416 e. The minimum atomic E-state index is -4.44. The summed E-state index contributed by atoms with van der Waals surface area (Å²) in [6.45, 7) is 3.27. The average Bonchev–Trinajstić information content (AvgIpc) is 2.15. The molecule has 7 heteroatoms. The molecule has 0 spiro atoms. The summed E-state index contributed by atoms with van der Waals surface area (Å²) in [6.07, 6.45) is -5.09. The van der Waals surface area contributed by atoms with Crippen molar-refractivity contribution in [3.05, 3.63) is 17.7 Å². The van der Waals surface area contributed by atoms with Gasteiger partial charge in [-0.2, -0.15) is 13.2 Å². The smallest absolute Gasteiger partial charge is 0.392 e. The second kappa shape index (κ2) is 5.14. The fourth-order valence-electron chi connectivity index (χ4n) is 1.04. The Morgan fingerprint density at radius 1 is 1.35 bits per heavy atom. The van der Waals surface area contributed by atoms with E-state index in [1.807, 2.05) is 0 Å². The maximum atomic E-state index is 12.5. The molecule has 0 aliphatic carbocycles. The lowest BCUT2D eigenvalue weighted by Gasteiger charge is -2.15. The third kappa shape index (κ3) is 4.08. The number of thioether (sulfide) groups is 1. The molecule has 1 aromatic heterocycles. The first kappa shape index (κ1) is 14.1. The van der Waals surface area contributed by atoms with E-state index in [9.17, 15) is 18.3 Å². The van der Waals surface area contributed by atoms with Gasteiger partial charge in [-0.15, -0.1) is 11.8 Å². The first-order valence-electron chi connectivity index (χ1n) is 4.89. The molecule has 2 unspecified atom stereocenters. The molecule has 0 aliphatic heterocycles. The minimum Gasteiger partial charge on any atom is -0.392 e. The number of halogens is 3. The lowest BCUT2D eigenvalue weighted by atomic mass is 10.2. The van der Waals surface area contributed by atoms with Crippen molar-refractivity contribution in [1.82, 2.24) is 4.98 Å². The maximum absolute atomic E-state index is 12.5. The van der Waals surface area contributed by atoms with Gasteiger partial charge in [-0.1, -0.05) is 6.92 Å². The van der Waals surface area contributed by atoms with Crippen molar-refractivity contribution in [3.63, 3.8) is 0 Å². The average molecular weight is 266 g/mol. The van der Waals surface area contributed by atoms with Crippen LogP contribution in [0.5, 0.6) is 0 Å². The summed E-state index contributed by atoms with van der Waals surface area (Å²) in [5, 5.41) is 9.18. The van der Waals surface area contributed by atoms with E-state index < -0.39 is 17.8 Å². The lowest BCUT2D eigenvalue weighted by Crippen LogP contribution is -2.15. The number of alkyl halides is 3. The monoisotopic (exact) mass is 266 g/mol. The van der Waals surface area contributed by atoms with E-state index in [0.717, 1.165) is 23.9 Å². The topological polar surface area (TPSA) is 59.1 Å². The van der Waals surface area contributed by atoms with Crippen LogP contribution in [0.2, 0.25) is 0 Å². The zero-order valence-electron chi connectivity index (χ0n) is 9.32. The van der Waals surface area contributed by atoms with Crippen LogP contribution in [-0.2, 0) is 6.18 Å². The van der Waals surface area contributed by atoms with Gasteiger partial charge in [0, 0.05) is 5.25 Å². The molecule has 0 saturated carbocycles. The maximum Gasteiger partial charge on any atom is 0.416 e. The fourth-order valence-corrected chi connectivity index (χ4v) is 1.97. The van der Waals surface area contributed by atoms with Crippen molar-refractivity contribution in [3.8, 4) is 0 Å². The molecular formula is C10H13F3N2OS. The first-order chi connectivity index (χ1) is 7.70. The first-order valence-corrected chi connectivity index (χ1v) is 5.77. The molecule has 2 atom stereocenters. The van der Waals surface area contributed by atoms with Gasteiger partial charge < -0.3 is 10.8 Å². The molecule has 1 rings (SSSR count). The number of nitrogens with zero attached hydrogens (tertiary/aromatic N) is 1. The molecule has 1 heterocycles. The molecular weight excluding hydrogens is 253 g/mol. The molecule has 0 amide bonds. The van der Waals surface area contributed by atoms with E-state index in [4.69, 9.17) is 5.73 Å². The van der Waals surface area contributed by atoms with Gasteiger partial charge in [0.25, 0.3) is 0 Å². The number of nitrogen functional groups attached to an aromatic ring is 1. The van der Waals surface area contributed by atoms with Crippen LogP contribution in [0.4, 0.5) is 19.0 Å². The van der Waals surface area contributed by atoms with Gasteiger partial charge in [0.2, 0.25) is 0 Å². The fraction of sp³-hybridized carbons (Fsp3) is 0.500. The van der Waals surface area contributed by atoms with Crippen molar-refractivity contribution in [2.75, 3.05) is 5.73 Å². The molecule has 0 radical (unpaired) electrons. The Bertz CT molecular complexity index is 396. The van der Waals surface area contributed by atoms with Gasteiger partial charge in [-0.25, -0.2) is 4.98 Å². The third-order valence-electron chi connectivity index (χ3n) is 2.13. The zero-order valence-corrected chi connectivity index (χ0v) is 10.1. The summed E-state index contributed by atoms with van der Waals surface area (Å²) in [4.78, 5) is 3.80. The number of pyridine rings is 1. The van der Waals surface area contributed by atoms with E-state index >= 15 is 0 Å². The quantitative estimate of drug-likeness (QED) is 0.825. The standard InChI is InChI=1S/C10H13F3N2OS/c1-5(16)6(2)17-9-4-7(10(11,12)13)3-8(14)15-9/h3-6,16H,1-2H3,(H2,14,15). The molecule has 0 saturated heterocycles. The van der Waals surface area contributed by atoms with Crippen molar-refractivity contribution in [2.45, 2.75) is 36.4 Å². The second-order valence-corrected chi connectivity index (χ2v) is 5.08. The molecule has 0 aromatic carbocycles. The SMILES string of the molecule is CC(O)C(C)Sc1cc(C(F)(F)F)cc(N)n1. The number of nitrogens with two attached hydrogens (primary N) is 1. The molecule has 3 N–H and O–H groups in total. The summed E-state index contributed by atoms with van der Waals surface area (Å²) < 4.78 is 37.5. The van der Waals surface area contributed by atoms with Crippen LogP contribution in [0, 0.1) is 0 Å². The van der Waals surface area contributed by atoms with Crippen LogP contribution >= 0.6 is 11.8 Å². The summed E-state index contributed by atoms with van der Waals surface area (Å²) in [7, 11) is 0. The second-order valence-electron chi connectivity index (χ2n) is 3.68. The third-order valence-corrected chi connectivity index (χ3v) is 3.35. The molecule has 0 bridgehead atoms. The number of anilines is 1. The van der Waals surface area contributed by atoms with Gasteiger partial charge in [0.05, 0.1) is 16.7 Å². The van der Waals surface area contributed by atoms with Crippen molar-refractivity contribution < 1.29 is 18.3 Å². The predicted molar refractivity (Wildman–Crippen MR) is 60.7 cm³/mol. The number of hydrogen-bond donors (Lipinski definition) is 2. The van der Waals surface area contributed by atoms with Gasteiger partial charge in [0.15, 0.2) is 0 Å². The Labute approximate surface area is 101 Å². The highest BCUT2D eigenvalue weighted by Gasteiger charge is 2.31. The predicted octanol–water partition coefficient (Wildman–Crippen LogP) is 2.54. The molecule has 0 fully saturated rings. The number of hydrogen-bond acceptors (Lipinski definition) is 4. The highest BCUT2D eigenvalue weighted by Crippen LogP contribution is 2.33. The van der Waals surface area contributed by atoms with Crippen LogP contribution in [0.1, 0.15) is 19.4 Å². The number of rotatable bonds is 3. The van der Waals surface area contributed by atoms with Crippen LogP contribution in [0.25, 0.3) is 0 Å².